The van der Waals surface area contributed by atoms with E-state index < -0.39 is 16.7 Å². The van der Waals surface area contributed by atoms with Crippen LogP contribution in [0.2, 0.25) is 0 Å². The van der Waals surface area contributed by atoms with Crippen LogP contribution in [0.3, 0.4) is 0 Å². The smallest absolute Gasteiger partial charge is 0.323 e. The molecule has 7 heteroatoms. The van der Waals surface area contributed by atoms with Crippen molar-refractivity contribution < 1.29 is 26.5 Å². The van der Waals surface area contributed by atoms with Gasteiger partial charge in [-0.15, -0.1) is 0 Å². The largest absolute Gasteiger partial charge is 0.345 e. The summed E-state index contributed by atoms with van der Waals surface area (Å²) in [6, 6.07) is 4.00. The van der Waals surface area contributed by atoms with Crippen molar-refractivity contribution in [2.24, 2.45) is 0 Å². The highest BCUT2D eigenvalue weighted by Crippen LogP contribution is 2.16. The van der Waals surface area contributed by atoms with Crippen LogP contribution < -0.4 is 0 Å². The summed E-state index contributed by atoms with van der Waals surface area (Å²) in [4.78, 5) is -0.254. The third-order valence-electron chi connectivity index (χ3n) is 2.23. The number of ether oxygens (including phenoxy) is 1. The average Bonchev–Trinajstić information content (AvgIpc) is 2.18. The molecule has 0 aliphatic carbocycles. The molecule has 0 saturated heterocycles. The van der Waals surface area contributed by atoms with Crippen molar-refractivity contribution >= 4 is 10.1 Å². The molecule has 0 aliphatic heterocycles. The van der Waals surface area contributed by atoms with E-state index in [1.807, 2.05) is 0 Å². The molecule has 0 radical (unpaired) electrons. The average molecular weight is 266 g/mol. The number of rotatable bonds is 5. The molecule has 4 nitrogen and oxygen atoms in total. The zero-order chi connectivity index (χ0) is 13.1. The van der Waals surface area contributed by atoms with Crippen molar-refractivity contribution in [3.8, 4) is 0 Å². The van der Waals surface area contributed by atoms with Crippen LogP contribution >= 0.6 is 0 Å². The summed E-state index contributed by atoms with van der Waals surface area (Å²) >= 11 is 0. The van der Waals surface area contributed by atoms with E-state index in [0.717, 1.165) is 5.56 Å². The van der Waals surface area contributed by atoms with Gasteiger partial charge < -0.3 is 4.74 Å². The molecule has 1 aromatic carbocycles. The van der Waals surface area contributed by atoms with Gasteiger partial charge in [0.15, 0.2) is 0 Å². The zero-order valence-corrected chi connectivity index (χ0v) is 9.88. The van der Waals surface area contributed by atoms with Crippen molar-refractivity contribution in [3.63, 3.8) is 0 Å². The monoisotopic (exact) mass is 266 g/mol. The highest BCUT2D eigenvalue weighted by Gasteiger charge is 2.11. The Bertz CT molecular complexity index is 485. The second kappa shape index (κ2) is 5.52. The molecule has 1 rings (SSSR count). The first kappa shape index (κ1) is 14.0. The Morgan fingerprint density at radius 2 is 2.06 bits per heavy atom. The number of halogens is 2. The molecular formula is C10H12F2O4S. The van der Waals surface area contributed by atoms with E-state index >= 15 is 0 Å². The van der Waals surface area contributed by atoms with E-state index in [-0.39, 0.29) is 17.9 Å². The standard InChI is InChI=1S/C10H12F2O4S/c1-7-2-3-9(17(13,14)15)6-8(7)4-5-16-10(11)12/h2-3,6,10H,4-5H2,1H3,(H,13,14,15). The molecule has 0 saturated carbocycles. The Morgan fingerprint density at radius 3 is 2.59 bits per heavy atom. The van der Waals surface area contributed by atoms with Gasteiger partial charge in [0.05, 0.1) is 11.5 Å². The summed E-state index contributed by atoms with van der Waals surface area (Å²) in [6.07, 6.45) is 0.152. The molecule has 96 valence electrons. The Balaban J connectivity index is 2.84. The molecule has 0 atom stereocenters. The molecule has 1 aromatic rings. The minimum atomic E-state index is -4.27. The quantitative estimate of drug-likeness (QED) is 0.828. The number of aryl methyl sites for hydroxylation is 1. The van der Waals surface area contributed by atoms with Gasteiger partial charge in [0.1, 0.15) is 0 Å². The van der Waals surface area contributed by atoms with Crippen LogP contribution in [0.5, 0.6) is 0 Å². The molecule has 17 heavy (non-hydrogen) atoms. The molecule has 0 unspecified atom stereocenters. The van der Waals surface area contributed by atoms with Gasteiger partial charge in [-0.25, -0.2) is 0 Å². The van der Waals surface area contributed by atoms with Crippen molar-refractivity contribution in [2.45, 2.75) is 24.9 Å². The van der Waals surface area contributed by atoms with Crippen LogP contribution in [-0.2, 0) is 21.3 Å². The lowest BCUT2D eigenvalue weighted by atomic mass is 10.1. The highest BCUT2D eigenvalue weighted by molar-refractivity contribution is 7.85. The Kier molecular flexibility index (Phi) is 4.55. The number of alkyl halides is 2. The van der Waals surface area contributed by atoms with Gasteiger partial charge in [-0.3, -0.25) is 4.55 Å². The molecule has 0 heterocycles. The SMILES string of the molecule is Cc1ccc(S(=O)(=O)O)cc1CCOC(F)F. The molecule has 1 N–H and O–H groups in total. The summed E-state index contributed by atoms with van der Waals surface area (Å²) < 4.78 is 58.2. The lowest BCUT2D eigenvalue weighted by Gasteiger charge is -2.08. The van der Waals surface area contributed by atoms with Gasteiger partial charge in [0.25, 0.3) is 10.1 Å². The van der Waals surface area contributed by atoms with Gasteiger partial charge in [0.2, 0.25) is 0 Å². The Morgan fingerprint density at radius 1 is 1.41 bits per heavy atom. The van der Waals surface area contributed by atoms with Crippen LogP contribution in [0.1, 0.15) is 11.1 Å². The van der Waals surface area contributed by atoms with E-state index in [1.54, 1.807) is 6.92 Å². The number of benzene rings is 1. The summed E-state index contributed by atoms with van der Waals surface area (Å²) in [5, 5.41) is 0. The predicted molar refractivity (Wildman–Crippen MR) is 56.7 cm³/mol. The van der Waals surface area contributed by atoms with Crippen molar-refractivity contribution in [1.82, 2.24) is 0 Å². The van der Waals surface area contributed by atoms with Crippen molar-refractivity contribution in [1.29, 1.82) is 0 Å². The normalized spacial score (nSPS) is 12.1. The topological polar surface area (TPSA) is 63.6 Å². The summed E-state index contributed by atoms with van der Waals surface area (Å²) in [5.41, 5.74) is 1.29. The van der Waals surface area contributed by atoms with Crippen molar-refractivity contribution in [3.05, 3.63) is 29.3 Å². The second-order valence-electron chi connectivity index (χ2n) is 3.44. The van der Waals surface area contributed by atoms with Crippen LogP contribution in [0.4, 0.5) is 8.78 Å². The first-order chi connectivity index (χ1) is 7.80. The van der Waals surface area contributed by atoms with E-state index in [0.29, 0.717) is 5.56 Å². The van der Waals surface area contributed by atoms with Gasteiger partial charge in [-0.2, -0.15) is 17.2 Å². The van der Waals surface area contributed by atoms with Crippen molar-refractivity contribution in [2.75, 3.05) is 6.61 Å². The van der Waals surface area contributed by atoms with Gasteiger partial charge in [-0.1, -0.05) is 6.07 Å². The van der Waals surface area contributed by atoms with E-state index in [9.17, 15) is 17.2 Å². The van der Waals surface area contributed by atoms with E-state index in [1.165, 1.54) is 18.2 Å². The first-order valence-electron chi connectivity index (χ1n) is 4.77. The van der Waals surface area contributed by atoms with Gasteiger partial charge >= 0.3 is 6.61 Å². The number of hydrogen-bond acceptors (Lipinski definition) is 3. The summed E-state index contributed by atoms with van der Waals surface area (Å²) in [5.74, 6) is 0. The van der Waals surface area contributed by atoms with Crippen LogP contribution in [-0.4, -0.2) is 26.2 Å². The summed E-state index contributed by atoms with van der Waals surface area (Å²) in [6.45, 7) is -1.35. The third kappa shape index (κ3) is 4.37. The third-order valence-corrected chi connectivity index (χ3v) is 3.08. The maximum Gasteiger partial charge on any atom is 0.345 e. The lowest BCUT2D eigenvalue weighted by molar-refractivity contribution is -0.127. The zero-order valence-electron chi connectivity index (χ0n) is 9.06. The van der Waals surface area contributed by atoms with Crippen LogP contribution in [0.15, 0.2) is 23.1 Å². The lowest BCUT2D eigenvalue weighted by Crippen LogP contribution is -2.06. The minimum absolute atomic E-state index is 0.152. The molecular weight excluding hydrogens is 254 g/mol. The van der Waals surface area contributed by atoms with Crippen LogP contribution in [0.25, 0.3) is 0 Å². The molecule has 0 bridgehead atoms. The van der Waals surface area contributed by atoms with Crippen LogP contribution in [0, 0.1) is 6.92 Å². The fourth-order valence-electron chi connectivity index (χ4n) is 1.34. The van der Waals surface area contributed by atoms with Gasteiger partial charge in [0, 0.05) is 0 Å². The first-order valence-corrected chi connectivity index (χ1v) is 6.21. The minimum Gasteiger partial charge on any atom is -0.323 e. The molecule has 0 amide bonds. The Hall–Kier alpha value is -1.05. The summed E-state index contributed by atoms with van der Waals surface area (Å²) in [7, 11) is -4.27. The maximum atomic E-state index is 11.7. The van der Waals surface area contributed by atoms with E-state index in [2.05, 4.69) is 4.74 Å². The second-order valence-corrected chi connectivity index (χ2v) is 4.87. The highest BCUT2D eigenvalue weighted by atomic mass is 32.2. The molecule has 0 aromatic heterocycles. The maximum absolute atomic E-state index is 11.7. The van der Waals surface area contributed by atoms with Gasteiger partial charge in [-0.05, 0) is 36.6 Å². The fourth-order valence-corrected chi connectivity index (χ4v) is 1.87. The molecule has 0 aliphatic rings. The number of hydrogen-bond donors (Lipinski definition) is 1. The predicted octanol–water partition coefficient (Wildman–Crippen LogP) is 2.02. The molecule has 0 spiro atoms. The fraction of sp³-hybridized carbons (Fsp3) is 0.400. The van der Waals surface area contributed by atoms with E-state index in [4.69, 9.17) is 4.55 Å². The Labute approximate surface area is 98.0 Å². The molecule has 0 fully saturated rings.